The molecule has 5 aromatic carbocycles. The summed E-state index contributed by atoms with van der Waals surface area (Å²) in [5, 5.41) is 26.0. The molecule has 1 fully saturated rings. The van der Waals surface area contributed by atoms with Gasteiger partial charge >= 0.3 is 5.97 Å². The maximum atomic E-state index is 14.2. The van der Waals surface area contributed by atoms with Gasteiger partial charge in [-0.15, -0.1) is 0 Å². The number of amides is 3. The minimum Gasteiger partial charge on any atom is -0.489 e. The normalized spacial score (nSPS) is 17.5. The van der Waals surface area contributed by atoms with E-state index in [-0.39, 0.29) is 43.7 Å². The maximum Gasteiger partial charge on any atom is 0.326 e. The van der Waals surface area contributed by atoms with Crippen molar-refractivity contribution in [3.63, 3.8) is 0 Å². The van der Waals surface area contributed by atoms with E-state index >= 15 is 0 Å². The summed E-state index contributed by atoms with van der Waals surface area (Å²) in [4.78, 5) is 55.8. The average Bonchev–Trinajstić information content (AvgIpc) is 3.78. The van der Waals surface area contributed by atoms with Crippen molar-refractivity contribution in [3.8, 4) is 28.7 Å². The molecule has 2 heterocycles. The number of halogens is 2. The van der Waals surface area contributed by atoms with Crippen LogP contribution in [0.25, 0.3) is 11.1 Å². The lowest BCUT2D eigenvalue weighted by atomic mass is 9.90. The molecule has 2 aliphatic heterocycles. The molecule has 0 saturated heterocycles. The van der Waals surface area contributed by atoms with Crippen LogP contribution in [0, 0.1) is 17.2 Å². The Kier molecular flexibility index (Phi) is 12.3. The van der Waals surface area contributed by atoms with Gasteiger partial charge < -0.3 is 30.1 Å². The Morgan fingerprint density at radius 2 is 1.57 bits per heavy atom. The lowest BCUT2D eigenvalue weighted by Gasteiger charge is -2.38. The zero-order valence-corrected chi connectivity index (χ0v) is 34.5. The van der Waals surface area contributed by atoms with Crippen LogP contribution in [-0.4, -0.2) is 45.8 Å². The van der Waals surface area contributed by atoms with Crippen LogP contribution in [0.2, 0.25) is 10.0 Å². The Bertz CT molecular complexity index is 2520. The van der Waals surface area contributed by atoms with Crippen LogP contribution in [0.3, 0.4) is 0 Å². The summed E-state index contributed by atoms with van der Waals surface area (Å²) in [6.45, 7) is 0.392. The van der Waals surface area contributed by atoms with Crippen molar-refractivity contribution in [2.24, 2.45) is 5.92 Å². The lowest BCUT2D eigenvalue weighted by molar-refractivity contribution is -0.145. The topological polar surface area (TPSA) is 158 Å². The first-order valence-corrected chi connectivity index (χ1v) is 21.0. The first-order chi connectivity index (χ1) is 29.5. The van der Waals surface area contributed by atoms with Crippen LogP contribution in [-0.2, 0) is 45.2 Å². The number of anilines is 1. The minimum absolute atomic E-state index is 0.0284. The fourth-order valence-electron chi connectivity index (χ4n) is 8.29. The van der Waals surface area contributed by atoms with Crippen LogP contribution in [0.1, 0.15) is 71.6 Å². The van der Waals surface area contributed by atoms with Gasteiger partial charge in [-0.2, -0.15) is 5.26 Å². The van der Waals surface area contributed by atoms with Gasteiger partial charge in [0.05, 0.1) is 27.4 Å². The highest BCUT2D eigenvalue weighted by molar-refractivity contribution is 6.42. The molecule has 0 aromatic heterocycles. The first kappa shape index (κ1) is 41.4. The number of carbonyl (C=O) groups is 4. The molecular formula is C48H42Cl2N4O7. The smallest absolute Gasteiger partial charge is 0.326 e. The molecule has 310 valence electrons. The largest absolute Gasteiger partial charge is 0.489 e. The number of nitrogens with zero attached hydrogens (tertiary/aromatic N) is 2. The molecule has 3 amide bonds. The van der Waals surface area contributed by atoms with E-state index in [0.29, 0.717) is 50.3 Å². The van der Waals surface area contributed by atoms with Crippen molar-refractivity contribution in [1.29, 1.82) is 5.26 Å². The summed E-state index contributed by atoms with van der Waals surface area (Å²) in [6.07, 6.45) is 3.53. The second kappa shape index (κ2) is 18.1. The monoisotopic (exact) mass is 856 g/mol. The van der Waals surface area contributed by atoms with Crippen molar-refractivity contribution in [3.05, 3.63) is 147 Å². The highest BCUT2D eigenvalue weighted by Crippen LogP contribution is 2.40. The number of rotatable bonds is 12. The highest BCUT2D eigenvalue weighted by Gasteiger charge is 2.39. The molecule has 1 unspecified atom stereocenters. The molecule has 3 aliphatic rings. The minimum atomic E-state index is -1.25. The quantitative estimate of drug-likeness (QED) is 0.112. The van der Waals surface area contributed by atoms with Crippen molar-refractivity contribution >= 4 is 52.6 Å². The van der Waals surface area contributed by atoms with Crippen LogP contribution in [0.15, 0.2) is 103 Å². The van der Waals surface area contributed by atoms with Gasteiger partial charge in [-0.3, -0.25) is 14.4 Å². The predicted octanol–water partition coefficient (Wildman–Crippen LogP) is 8.83. The molecule has 3 atom stereocenters. The van der Waals surface area contributed by atoms with Gasteiger partial charge in [0.15, 0.2) is 0 Å². The summed E-state index contributed by atoms with van der Waals surface area (Å²) in [5.41, 5.74) is 6.51. The molecule has 0 bridgehead atoms. The number of carboxylic acids is 1. The van der Waals surface area contributed by atoms with Gasteiger partial charge in [-0.25, -0.2) is 4.79 Å². The van der Waals surface area contributed by atoms with E-state index in [2.05, 4.69) is 16.7 Å². The number of aliphatic carboxylic acids is 1. The Morgan fingerprint density at radius 1 is 0.885 bits per heavy atom. The molecule has 5 aromatic rings. The summed E-state index contributed by atoms with van der Waals surface area (Å²) >= 11 is 12.2. The number of carboxylic acid groups (broad SMARTS) is 1. The van der Waals surface area contributed by atoms with Gasteiger partial charge in [0.25, 0.3) is 5.91 Å². The third-order valence-electron chi connectivity index (χ3n) is 11.7. The Labute approximate surface area is 363 Å². The predicted molar refractivity (Wildman–Crippen MR) is 230 cm³/mol. The van der Waals surface area contributed by atoms with Crippen LogP contribution in [0.4, 0.5) is 5.69 Å². The Morgan fingerprint density at radius 3 is 2.25 bits per heavy atom. The van der Waals surface area contributed by atoms with Crippen molar-refractivity contribution in [2.45, 2.75) is 76.3 Å². The third-order valence-corrected chi connectivity index (χ3v) is 12.4. The number of carbonyl (C=O) groups excluding carboxylic acids is 3. The number of nitriles is 1. The molecule has 1 saturated carbocycles. The van der Waals surface area contributed by atoms with E-state index in [1.807, 2.05) is 48.5 Å². The summed E-state index contributed by atoms with van der Waals surface area (Å²) in [5.74, 6) is -1.03. The SMILES string of the molecule is N#Cc1ccc(-c2ccc(CC(NC(=O)[C@@H]3Cc4cc5c(cc4CN3C(=O)CC3CCCC3)O[C@@H](c3ccc(OCc4ccc(Cl)c(Cl)c4)cc3)C(=O)N5)C(=O)O)cc2)cc1. The second-order valence-corrected chi connectivity index (χ2v) is 16.6. The third kappa shape index (κ3) is 9.51. The summed E-state index contributed by atoms with van der Waals surface area (Å²) in [7, 11) is 0. The number of nitrogens with one attached hydrogen (secondary N) is 2. The van der Waals surface area contributed by atoms with Crippen LogP contribution >= 0.6 is 23.2 Å². The van der Waals surface area contributed by atoms with E-state index in [9.17, 15) is 24.3 Å². The Balaban J connectivity index is 0.975. The molecule has 11 nitrogen and oxygen atoms in total. The van der Waals surface area contributed by atoms with E-state index in [1.165, 1.54) is 0 Å². The zero-order chi connectivity index (χ0) is 42.6. The van der Waals surface area contributed by atoms with E-state index in [4.69, 9.17) is 37.9 Å². The number of hydrogen-bond acceptors (Lipinski definition) is 7. The van der Waals surface area contributed by atoms with Crippen molar-refractivity contribution in [2.75, 3.05) is 5.32 Å². The van der Waals surface area contributed by atoms with Gasteiger partial charge in [-0.1, -0.05) is 90.6 Å². The molecule has 1 aliphatic carbocycles. The van der Waals surface area contributed by atoms with E-state index in [0.717, 1.165) is 53.5 Å². The standard InChI is InChI=1S/C48H42Cl2N4O7/c49-38-18-9-31(19-39(38)50)27-60-37-16-14-34(15-17-37)45-47(57)52-40-22-35-23-42(54(26-36(35)24-43(40)61-45)44(55)21-28-3-1-2-4-28)46(56)53-41(48(58)59)20-29-5-10-32(11-6-29)33-12-7-30(25-51)8-13-33/h5-19,22,24,28,41-42,45H,1-4,20-21,23,26-27H2,(H,52,57)(H,53,56)(H,58,59)/t41?,42-,45-/m0/s1. The average molecular weight is 858 g/mol. The van der Waals surface area contributed by atoms with Gasteiger partial charge in [-0.05, 0) is 101 Å². The lowest BCUT2D eigenvalue weighted by Crippen LogP contribution is -2.56. The molecular weight excluding hydrogens is 815 g/mol. The van der Waals surface area contributed by atoms with Crippen molar-refractivity contribution < 1.29 is 33.8 Å². The second-order valence-electron chi connectivity index (χ2n) is 15.8. The first-order valence-electron chi connectivity index (χ1n) is 20.2. The fourth-order valence-corrected chi connectivity index (χ4v) is 8.61. The molecule has 3 N–H and O–H groups in total. The Hall–Kier alpha value is -6.35. The maximum absolute atomic E-state index is 14.2. The molecule has 13 heteroatoms. The van der Waals surface area contributed by atoms with Crippen LogP contribution in [0.5, 0.6) is 11.5 Å². The summed E-state index contributed by atoms with van der Waals surface area (Å²) in [6, 6.07) is 30.4. The number of benzene rings is 5. The number of fused-ring (bicyclic) bond motifs is 2. The highest BCUT2D eigenvalue weighted by atomic mass is 35.5. The fraction of sp³-hybridized carbons (Fsp3) is 0.271. The zero-order valence-electron chi connectivity index (χ0n) is 33.0. The van der Waals surface area contributed by atoms with Gasteiger partial charge in [0, 0.05) is 31.4 Å². The van der Waals surface area contributed by atoms with Gasteiger partial charge in [0.1, 0.15) is 30.2 Å². The van der Waals surface area contributed by atoms with Gasteiger partial charge in [0.2, 0.25) is 17.9 Å². The molecule has 8 rings (SSSR count). The van der Waals surface area contributed by atoms with E-state index in [1.54, 1.807) is 59.5 Å². The molecule has 0 spiro atoms. The summed E-state index contributed by atoms with van der Waals surface area (Å²) < 4.78 is 12.2. The van der Waals surface area contributed by atoms with Crippen molar-refractivity contribution in [1.82, 2.24) is 10.2 Å². The number of hydrogen-bond donors (Lipinski definition) is 3. The van der Waals surface area contributed by atoms with E-state index < -0.39 is 30.1 Å². The molecule has 61 heavy (non-hydrogen) atoms. The molecule has 0 radical (unpaired) electrons. The van der Waals surface area contributed by atoms with Crippen LogP contribution < -0.4 is 20.1 Å². The number of ether oxygens (including phenoxy) is 2.